The molecule has 0 atom stereocenters. The van der Waals surface area contributed by atoms with Crippen molar-refractivity contribution in [3.05, 3.63) is 0 Å². The molecule has 0 aliphatic heterocycles. The van der Waals surface area contributed by atoms with Gasteiger partial charge in [0.25, 0.3) is 0 Å². The van der Waals surface area contributed by atoms with Crippen LogP contribution in [0.3, 0.4) is 0 Å². The highest BCUT2D eigenvalue weighted by molar-refractivity contribution is 4.64. The number of hydrogen-bond acceptors (Lipinski definition) is 2. The minimum atomic E-state index is -5.90. The Morgan fingerprint density at radius 1 is 0.591 bits per heavy atom. The SMILES string of the molecule is FC(F)(F)C(F)(F)OCC[NH2+]CCOC(F)(F)C(F)(F)F.[Cl-]. The van der Waals surface area contributed by atoms with E-state index in [9.17, 15) is 43.9 Å². The first-order chi connectivity index (χ1) is 9.21. The summed E-state index contributed by atoms with van der Waals surface area (Å²) < 4.78 is 125. The molecule has 0 radical (unpaired) electrons. The molecule has 0 heterocycles. The zero-order chi connectivity index (χ0) is 16.9. The quantitative estimate of drug-likeness (QED) is 0.430. The first-order valence-electron chi connectivity index (χ1n) is 5.19. The van der Waals surface area contributed by atoms with Gasteiger partial charge in [-0.3, -0.25) is 0 Å². The summed E-state index contributed by atoms with van der Waals surface area (Å²) in [6, 6.07) is 0. The number of rotatable bonds is 8. The Hall–Kier alpha value is -0.530. The molecule has 0 fully saturated rings. The van der Waals surface area contributed by atoms with E-state index in [2.05, 4.69) is 9.47 Å². The van der Waals surface area contributed by atoms with Gasteiger partial charge < -0.3 is 27.2 Å². The van der Waals surface area contributed by atoms with Crippen LogP contribution in [0.2, 0.25) is 0 Å². The van der Waals surface area contributed by atoms with Gasteiger partial charge in [0.15, 0.2) is 0 Å². The Labute approximate surface area is 123 Å². The van der Waals surface area contributed by atoms with Crippen molar-refractivity contribution in [1.29, 1.82) is 0 Å². The third-order valence-corrected chi connectivity index (χ3v) is 1.87. The van der Waals surface area contributed by atoms with E-state index in [-0.39, 0.29) is 12.4 Å². The van der Waals surface area contributed by atoms with Crippen molar-refractivity contribution in [1.82, 2.24) is 0 Å². The van der Waals surface area contributed by atoms with Crippen LogP contribution in [0.25, 0.3) is 0 Å². The van der Waals surface area contributed by atoms with Crippen molar-refractivity contribution in [2.24, 2.45) is 0 Å². The van der Waals surface area contributed by atoms with Gasteiger partial charge in [0.2, 0.25) is 0 Å². The van der Waals surface area contributed by atoms with Gasteiger partial charge in [-0.15, -0.1) is 0 Å². The maximum absolute atomic E-state index is 12.2. The van der Waals surface area contributed by atoms with Crippen LogP contribution in [-0.4, -0.2) is 50.9 Å². The van der Waals surface area contributed by atoms with Gasteiger partial charge in [0.1, 0.15) is 13.2 Å². The number of alkyl halides is 10. The molecule has 0 saturated heterocycles. The number of nitrogens with two attached hydrogens (primary N) is 1. The third-order valence-electron chi connectivity index (χ3n) is 1.87. The summed E-state index contributed by atoms with van der Waals surface area (Å²) >= 11 is 0. The molecule has 0 aromatic heterocycles. The molecular weight excluding hydrogens is 368 g/mol. The number of hydrogen-bond donors (Lipinski definition) is 1. The van der Waals surface area contributed by atoms with Gasteiger partial charge in [0, 0.05) is 0 Å². The Balaban J connectivity index is 0. The fourth-order valence-corrected chi connectivity index (χ4v) is 0.849. The van der Waals surface area contributed by atoms with Gasteiger partial charge in [0.05, 0.1) is 13.1 Å². The van der Waals surface area contributed by atoms with Crippen molar-refractivity contribution in [3.8, 4) is 0 Å². The molecule has 0 aliphatic rings. The van der Waals surface area contributed by atoms with Gasteiger partial charge in [-0.05, 0) is 0 Å². The summed E-state index contributed by atoms with van der Waals surface area (Å²) in [7, 11) is 0. The highest BCUT2D eigenvalue weighted by atomic mass is 35.5. The Morgan fingerprint density at radius 3 is 1.09 bits per heavy atom. The molecule has 0 unspecified atom stereocenters. The van der Waals surface area contributed by atoms with Gasteiger partial charge in [-0.1, -0.05) is 0 Å². The van der Waals surface area contributed by atoms with E-state index in [0.717, 1.165) is 5.32 Å². The number of quaternary nitrogens is 1. The smallest absolute Gasteiger partial charge is 0.482 e. The van der Waals surface area contributed by atoms with Crippen molar-refractivity contribution in [2.75, 3.05) is 26.3 Å². The highest BCUT2D eigenvalue weighted by Gasteiger charge is 2.60. The van der Waals surface area contributed by atoms with Gasteiger partial charge in [-0.2, -0.15) is 43.9 Å². The summed E-state index contributed by atoms with van der Waals surface area (Å²) in [6.45, 7) is -3.23. The van der Waals surface area contributed by atoms with Crippen molar-refractivity contribution in [3.63, 3.8) is 0 Å². The lowest BCUT2D eigenvalue weighted by Gasteiger charge is -2.19. The number of halogens is 11. The molecule has 0 aromatic carbocycles. The summed E-state index contributed by atoms with van der Waals surface area (Å²) in [5.74, 6) is 0. The Kier molecular flexibility index (Phi) is 9.02. The van der Waals surface area contributed by atoms with Gasteiger partial charge >= 0.3 is 24.6 Å². The maximum atomic E-state index is 12.2. The fraction of sp³-hybridized carbons (Fsp3) is 1.00. The van der Waals surface area contributed by atoms with E-state index in [1.807, 2.05) is 0 Å². The average Bonchev–Trinajstić information content (AvgIpc) is 2.24. The van der Waals surface area contributed by atoms with Crippen LogP contribution in [-0.2, 0) is 9.47 Å². The highest BCUT2D eigenvalue weighted by Crippen LogP contribution is 2.36. The van der Waals surface area contributed by atoms with Crippen LogP contribution in [0.1, 0.15) is 0 Å². The first-order valence-corrected chi connectivity index (χ1v) is 5.19. The fourth-order valence-electron chi connectivity index (χ4n) is 0.849. The molecule has 0 saturated carbocycles. The lowest BCUT2D eigenvalue weighted by molar-refractivity contribution is -0.661. The summed E-state index contributed by atoms with van der Waals surface area (Å²) in [5.41, 5.74) is 0. The monoisotopic (exact) mass is 377 g/mol. The normalized spacial score (nSPS) is 13.9. The van der Waals surface area contributed by atoms with Crippen molar-refractivity contribution in [2.45, 2.75) is 24.6 Å². The van der Waals surface area contributed by atoms with E-state index >= 15 is 0 Å². The standard InChI is InChI=1S/C8H9F10NO2.ClH/c9-5(10,11)7(15,16)20-3-1-19-2-4-21-8(17,18)6(12,13)14;/h19H,1-4H2;1H. The second-order valence-electron chi connectivity index (χ2n) is 3.59. The van der Waals surface area contributed by atoms with E-state index in [0.29, 0.717) is 0 Å². The second kappa shape index (κ2) is 8.36. The average molecular weight is 378 g/mol. The van der Waals surface area contributed by atoms with E-state index in [4.69, 9.17) is 0 Å². The van der Waals surface area contributed by atoms with Crippen molar-refractivity contribution < 1.29 is 71.1 Å². The van der Waals surface area contributed by atoms with Crippen LogP contribution >= 0.6 is 0 Å². The Bertz CT molecular complexity index is 289. The molecule has 0 bridgehead atoms. The van der Waals surface area contributed by atoms with Gasteiger partial charge in [-0.25, -0.2) is 0 Å². The molecular formula is C8H10ClF10NO2. The molecule has 0 rings (SSSR count). The number of ether oxygens (including phenoxy) is 2. The minimum absolute atomic E-state index is 0. The van der Waals surface area contributed by atoms with Crippen LogP contribution in [0.4, 0.5) is 43.9 Å². The molecule has 14 heteroatoms. The largest absolute Gasteiger partial charge is 1.00 e. The maximum Gasteiger partial charge on any atom is 0.482 e. The summed E-state index contributed by atoms with van der Waals surface area (Å²) in [5, 5.41) is 0.874. The molecule has 0 aromatic rings. The minimum Gasteiger partial charge on any atom is -1.00 e. The van der Waals surface area contributed by atoms with E-state index in [1.165, 1.54) is 0 Å². The molecule has 0 spiro atoms. The molecule has 22 heavy (non-hydrogen) atoms. The topological polar surface area (TPSA) is 35.1 Å². The van der Waals surface area contributed by atoms with E-state index < -0.39 is 50.9 Å². The molecule has 0 aliphatic carbocycles. The molecule has 2 N–H and O–H groups in total. The lowest BCUT2D eigenvalue weighted by Crippen LogP contribution is -3.00. The van der Waals surface area contributed by atoms with Crippen LogP contribution in [0, 0.1) is 0 Å². The van der Waals surface area contributed by atoms with E-state index in [1.54, 1.807) is 0 Å². The van der Waals surface area contributed by atoms with Crippen molar-refractivity contribution >= 4 is 0 Å². The van der Waals surface area contributed by atoms with Crippen LogP contribution in [0.15, 0.2) is 0 Å². The Morgan fingerprint density at radius 2 is 0.864 bits per heavy atom. The summed E-state index contributed by atoms with van der Waals surface area (Å²) in [4.78, 5) is 0. The zero-order valence-electron chi connectivity index (χ0n) is 10.4. The summed E-state index contributed by atoms with van der Waals surface area (Å²) in [6.07, 6.45) is -22.5. The predicted octanol–water partition coefficient (Wildman–Crippen LogP) is -1.10. The molecule has 136 valence electrons. The molecule has 3 nitrogen and oxygen atoms in total. The lowest BCUT2D eigenvalue weighted by atomic mass is 10.5. The zero-order valence-corrected chi connectivity index (χ0v) is 11.1. The third kappa shape index (κ3) is 7.65. The van der Waals surface area contributed by atoms with Crippen LogP contribution < -0.4 is 17.7 Å². The molecule has 0 amide bonds. The van der Waals surface area contributed by atoms with Crippen LogP contribution in [0.5, 0.6) is 0 Å². The predicted molar refractivity (Wildman–Crippen MR) is 45.6 cm³/mol. The second-order valence-corrected chi connectivity index (χ2v) is 3.59. The first kappa shape index (κ1) is 23.7.